The molecule has 0 saturated carbocycles. The van der Waals surface area contributed by atoms with Gasteiger partial charge in [-0.05, 0) is 36.9 Å². The normalized spacial score (nSPS) is 11.1. The third-order valence-electron chi connectivity index (χ3n) is 4.68. The number of carbonyl (C=O) groups is 1. The number of carbonyl (C=O) groups excluding carboxylic acids is 1. The second-order valence-corrected chi connectivity index (χ2v) is 8.19. The highest BCUT2D eigenvalue weighted by Gasteiger charge is 2.14. The number of amides is 1. The van der Waals surface area contributed by atoms with Crippen molar-refractivity contribution < 1.29 is 9.18 Å². The molecule has 0 aliphatic rings. The predicted octanol–water partition coefficient (Wildman–Crippen LogP) is 4.90. The van der Waals surface area contributed by atoms with Crippen LogP contribution in [0.25, 0.3) is 0 Å². The third-order valence-corrected chi connectivity index (χ3v) is 6.20. The van der Waals surface area contributed by atoms with Gasteiger partial charge in [0, 0.05) is 17.8 Å². The van der Waals surface area contributed by atoms with E-state index in [0.29, 0.717) is 27.8 Å². The average molecular weight is 444 g/mol. The van der Waals surface area contributed by atoms with Crippen molar-refractivity contribution in [1.82, 2.24) is 19.6 Å². The number of aryl methyl sites for hydroxylation is 1. The first kappa shape index (κ1) is 20.3. The van der Waals surface area contributed by atoms with Crippen molar-refractivity contribution in [1.29, 1.82) is 0 Å². The SMILES string of the molecule is Cc1nn(Cc2csc(C(=O)Nc3ccn(Cc4ccccc4F)n3)c2)c(C)c1Cl. The third kappa shape index (κ3) is 4.29. The van der Waals surface area contributed by atoms with E-state index in [4.69, 9.17) is 11.6 Å². The molecular formula is C21H19ClFN5OS. The topological polar surface area (TPSA) is 64.7 Å². The summed E-state index contributed by atoms with van der Waals surface area (Å²) in [4.78, 5) is 13.1. The van der Waals surface area contributed by atoms with E-state index in [1.165, 1.54) is 17.4 Å². The first-order valence-corrected chi connectivity index (χ1v) is 10.5. The summed E-state index contributed by atoms with van der Waals surface area (Å²) in [6, 6.07) is 10.1. The van der Waals surface area contributed by atoms with E-state index < -0.39 is 0 Å². The Morgan fingerprint density at radius 3 is 2.73 bits per heavy atom. The van der Waals surface area contributed by atoms with Crippen LogP contribution < -0.4 is 5.32 Å². The van der Waals surface area contributed by atoms with Gasteiger partial charge in [-0.3, -0.25) is 14.2 Å². The lowest BCUT2D eigenvalue weighted by atomic mass is 10.2. The molecule has 4 aromatic rings. The number of hydrogen-bond donors (Lipinski definition) is 1. The van der Waals surface area contributed by atoms with E-state index in [1.807, 2.05) is 30.0 Å². The fourth-order valence-corrected chi connectivity index (χ4v) is 4.01. The van der Waals surface area contributed by atoms with Crippen LogP contribution in [0.5, 0.6) is 0 Å². The zero-order valence-corrected chi connectivity index (χ0v) is 18.0. The number of nitrogens with one attached hydrogen (secondary N) is 1. The van der Waals surface area contributed by atoms with E-state index in [-0.39, 0.29) is 18.3 Å². The molecule has 0 radical (unpaired) electrons. The van der Waals surface area contributed by atoms with Crippen LogP contribution in [0.1, 0.15) is 32.2 Å². The first-order chi connectivity index (χ1) is 14.4. The van der Waals surface area contributed by atoms with Crippen molar-refractivity contribution in [2.45, 2.75) is 26.9 Å². The second-order valence-electron chi connectivity index (χ2n) is 6.91. The second kappa shape index (κ2) is 8.41. The quantitative estimate of drug-likeness (QED) is 0.461. The van der Waals surface area contributed by atoms with Crippen molar-refractivity contribution in [2.75, 3.05) is 5.32 Å². The molecule has 30 heavy (non-hydrogen) atoms. The molecule has 1 N–H and O–H groups in total. The maximum absolute atomic E-state index is 13.8. The molecule has 1 aromatic carbocycles. The Balaban J connectivity index is 1.41. The molecule has 0 aliphatic carbocycles. The minimum atomic E-state index is -0.284. The maximum atomic E-state index is 13.8. The summed E-state index contributed by atoms with van der Waals surface area (Å²) in [7, 11) is 0. The highest BCUT2D eigenvalue weighted by Crippen LogP contribution is 2.22. The van der Waals surface area contributed by atoms with Crippen LogP contribution in [-0.2, 0) is 13.1 Å². The Hall–Kier alpha value is -2.97. The van der Waals surface area contributed by atoms with Crippen molar-refractivity contribution in [2.24, 2.45) is 0 Å². The monoisotopic (exact) mass is 443 g/mol. The van der Waals surface area contributed by atoms with Crippen molar-refractivity contribution in [3.8, 4) is 0 Å². The number of rotatable bonds is 6. The molecule has 0 fully saturated rings. The number of thiophene rings is 1. The van der Waals surface area contributed by atoms with Crippen molar-refractivity contribution in [3.63, 3.8) is 0 Å². The van der Waals surface area contributed by atoms with Gasteiger partial charge in [-0.25, -0.2) is 4.39 Å². The molecule has 0 atom stereocenters. The zero-order chi connectivity index (χ0) is 21.3. The molecule has 3 heterocycles. The summed E-state index contributed by atoms with van der Waals surface area (Å²) in [5, 5.41) is 14.1. The van der Waals surface area contributed by atoms with Crippen LogP contribution in [-0.4, -0.2) is 25.5 Å². The molecule has 9 heteroatoms. The Morgan fingerprint density at radius 1 is 1.20 bits per heavy atom. The number of benzene rings is 1. The molecule has 0 unspecified atom stereocenters. The van der Waals surface area contributed by atoms with Crippen LogP contribution in [0.3, 0.4) is 0 Å². The van der Waals surface area contributed by atoms with Crippen LogP contribution in [0.2, 0.25) is 5.02 Å². The van der Waals surface area contributed by atoms with Gasteiger partial charge < -0.3 is 5.32 Å². The van der Waals surface area contributed by atoms with Crippen LogP contribution >= 0.6 is 22.9 Å². The molecule has 154 valence electrons. The summed E-state index contributed by atoms with van der Waals surface area (Å²) in [5.74, 6) is -0.112. The minimum Gasteiger partial charge on any atom is -0.304 e. The van der Waals surface area contributed by atoms with E-state index >= 15 is 0 Å². The van der Waals surface area contributed by atoms with Gasteiger partial charge in [0.1, 0.15) is 5.82 Å². The fraction of sp³-hybridized carbons (Fsp3) is 0.190. The summed E-state index contributed by atoms with van der Waals surface area (Å²) in [5.41, 5.74) is 3.18. The van der Waals surface area contributed by atoms with Gasteiger partial charge >= 0.3 is 0 Å². The fourth-order valence-electron chi connectivity index (χ4n) is 3.08. The summed E-state index contributed by atoms with van der Waals surface area (Å²) in [6.07, 6.45) is 1.70. The lowest BCUT2D eigenvalue weighted by molar-refractivity contribution is 0.103. The van der Waals surface area contributed by atoms with Crippen LogP contribution in [0, 0.1) is 19.7 Å². The number of aromatic nitrogens is 4. The van der Waals surface area contributed by atoms with Gasteiger partial charge in [-0.2, -0.15) is 10.2 Å². The van der Waals surface area contributed by atoms with Crippen molar-refractivity contribution >= 4 is 34.7 Å². The molecule has 0 spiro atoms. The average Bonchev–Trinajstić information content (AvgIpc) is 3.42. The van der Waals surface area contributed by atoms with Crippen LogP contribution in [0.15, 0.2) is 48.0 Å². The molecular weight excluding hydrogens is 425 g/mol. The number of nitrogens with zero attached hydrogens (tertiary/aromatic N) is 4. The van der Waals surface area contributed by atoms with E-state index in [1.54, 1.807) is 35.1 Å². The molecule has 0 aliphatic heterocycles. The van der Waals surface area contributed by atoms with Crippen molar-refractivity contribution in [3.05, 3.63) is 86.2 Å². The number of anilines is 1. The Bertz CT molecular complexity index is 1210. The number of hydrogen-bond acceptors (Lipinski definition) is 4. The molecule has 0 saturated heterocycles. The number of halogens is 2. The Kier molecular flexibility index (Phi) is 5.69. The standard InChI is InChI=1S/C21H19ClFN5OS/c1-13-20(22)14(2)28(25-13)10-15-9-18(30-12-15)21(29)24-19-7-8-27(26-19)11-16-5-3-4-6-17(16)23/h3-9,12H,10-11H2,1-2H3,(H,24,26,29). The van der Waals surface area contributed by atoms with E-state index in [2.05, 4.69) is 15.5 Å². The predicted molar refractivity (Wildman–Crippen MR) is 116 cm³/mol. The lowest BCUT2D eigenvalue weighted by Gasteiger charge is -2.03. The van der Waals surface area contributed by atoms with E-state index in [9.17, 15) is 9.18 Å². The molecule has 0 bridgehead atoms. The van der Waals surface area contributed by atoms with Gasteiger partial charge in [0.25, 0.3) is 5.91 Å². The summed E-state index contributed by atoms with van der Waals surface area (Å²) < 4.78 is 17.2. The molecule has 4 rings (SSSR count). The minimum absolute atomic E-state index is 0.242. The van der Waals surface area contributed by atoms with Crippen LogP contribution in [0.4, 0.5) is 10.2 Å². The van der Waals surface area contributed by atoms with E-state index in [0.717, 1.165) is 17.0 Å². The molecule has 1 amide bonds. The first-order valence-electron chi connectivity index (χ1n) is 9.26. The largest absolute Gasteiger partial charge is 0.304 e. The van der Waals surface area contributed by atoms with Gasteiger partial charge in [0.05, 0.1) is 34.4 Å². The highest BCUT2D eigenvalue weighted by atomic mass is 35.5. The smallest absolute Gasteiger partial charge is 0.266 e. The van der Waals surface area contributed by atoms with Gasteiger partial charge in [-0.1, -0.05) is 29.8 Å². The Labute approximate surface area is 181 Å². The van der Waals surface area contributed by atoms with Gasteiger partial charge in [-0.15, -0.1) is 11.3 Å². The van der Waals surface area contributed by atoms with Gasteiger partial charge in [0.2, 0.25) is 0 Å². The Morgan fingerprint density at radius 2 is 2.00 bits per heavy atom. The maximum Gasteiger partial charge on any atom is 0.266 e. The highest BCUT2D eigenvalue weighted by molar-refractivity contribution is 7.12. The molecule has 6 nitrogen and oxygen atoms in total. The summed E-state index contributed by atoms with van der Waals surface area (Å²) >= 11 is 7.55. The zero-order valence-electron chi connectivity index (χ0n) is 16.4. The summed E-state index contributed by atoms with van der Waals surface area (Å²) in [6.45, 7) is 4.61. The lowest BCUT2D eigenvalue weighted by Crippen LogP contribution is -2.11. The molecule has 3 aromatic heterocycles. The van der Waals surface area contributed by atoms with Gasteiger partial charge in [0.15, 0.2) is 5.82 Å².